The van der Waals surface area contributed by atoms with Gasteiger partial charge in [0.15, 0.2) is 0 Å². The number of rotatable bonds is 8. The second-order valence-corrected chi connectivity index (χ2v) is 6.16. The van der Waals surface area contributed by atoms with Gasteiger partial charge in [0.25, 0.3) is 0 Å². The van der Waals surface area contributed by atoms with Crippen LogP contribution < -0.4 is 5.73 Å². The lowest BCUT2D eigenvalue weighted by atomic mass is 9.93. The molecule has 4 nitrogen and oxygen atoms in total. The van der Waals surface area contributed by atoms with E-state index in [4.69, 9.17) is 15.2 Å². The highest BCUT2D eigenvalue weighted by atomic mass is 16.5. The van der Waals surface area contributed by atoms with Gasteiger partial charge >= 0.3 is 5.97 Å². The Kier molecular flexibility index (Phi) is 7.48. The van der Waals surface area contributed by atoms with Gasteiger partial charge in [-0.15, -0.1) is 0 Å². The summed E-state index contributed by atoms with van der Waals surface area (Å²) in [7, 11) is 0. The Bertz CT molecular complexity index is 244. The van der Waals surface area contributed by atoms with Gasteiger partial charge in [0, 0.05) is 13.2 Å². The third kappa shape index (κ3) is 8.48. The molecule has 0 aliphatic carbocycles. The molecule has 0 radical (unpaired) electrons. The van der Waals surface area contributed by atoms with Crippen LogP contribution in [0.2, 0.25) is 0 Å². The summed E-state index contributed by atoms with van der Waals surface area (Å²) >= 11 is 0. The van der Waals surface area contributed by atoms with Crippen molar-refractivity contribution in [1.82, 2.24) is 0 Å². The Hall–Kier alpha value is -0.610. The maximum Gasteiger partial charge on any atom is 0.325 e. The first kappa shape index (κ1) is 17.4. The summed E-state index contributed by atoms with van der Waals surface area (Å²) in [6.07, 6.45) is 2.39. The lowest BCUT2D eigenvalue weighted by Crippen LogP contribution is -2.46. The van der Waals surface area contributed by atoms with Gasteiger partial charge in [-0.05, 0) is 38.5 Å². The van der Waals surface area contributed by atoms with E-state index in [0.717, 1.165) is 19.4 Å². The van der Waals surface area contributed by atoms with Crippen LogP contribution in [0.25, 0.3) is 0 Å². The number of ether oxygens (including phenoxy) is 2. The first-order valence-corrected chi connectivity index (χ1v) is 6.73. The van der Waals surface area contributed by atoms with Gasteiger partial charge in [0.2, 0.25) is 0 Å². The van der Waals surface area contributed by atoms with Crippen molar-refractivity contribution >= 4 is 5.97 Å². The minimum atomic E-state index is -0.899. The Morgan fingerprint density at radius 2 is 1.72 bits per heavy atom. The lowest BCUT2D eigenvalue weighted by Gasteiger charge is -2.22. The third-order valence-corrected chi connectivity index (χ3v) is 2.72. The number of esters is 1. The summed E-state index contributed by atoms with van der Waals surface area (Å²) in [6, 6.07) is 0. The average molecular weight is 259 g/mol. The molecule has 2 N–H and O–H groups in total. The minimum Gasteiger partial charge on any atom is -0.465 e. The molecule has 0 fully saturated rings. The highest BCUT2D eigenvalue weighted by Gasteiger charge is 2.29. The quantitative estimate of drug-likeness (QED) is 0.537. The van der Waals surface area contributed by atoms with Gasteiger partial charge in [0.05, 0.1) is 6.61 Å². The molecule has 0 aromatic carbocycles. The molecule has 4 heteroatoms. The van der Waals surface area contributed by atoms with Gasteiger partial charge < -0.3 is 15.2 Å². The highest BCUT2D eigenvalue weighted by molar-refractivity contribution is 5.79. The van der Waals surface area contributed by atoms with Gasteiger partial charge in [-0.1, -0.05) is 20.8 Å². The van der Waals surface area contributed by atoms with Crippen molar-refractivity contribution in [3.63, 3.8) is 0 Å². The Labute approximate surface area is 111 Å². The van der Waals surface area contributed by atoms with Crippen LogP contribution in [-0.2, 0) is 14.3 Å². The largest absolute Gasteiger partial charge is 0.465 e. The summed E-state index contributed by atoms with van der Waals surface area (Å²) < 4.78 is 10.5. The molecule has 108 valence electrons. The van der Waals surface area contributed by atoms with E-state index in [1.807, 2.05) is 0 Å². The molecule has 0 rings (SSSR count). The Balaban J connectivity index is 3.68. The van der Waals surface area contributed by atoms with Crippen molar-refractivity contribution in [1.29, 1.82) is 0 Å². The maximum atomic E-state index is 11.5. The van der Waals surface area contributed by atoms with Crippen LogP contribution in [0, 0.1) is 5.41 Å². The van der Waals surface area contributed by atoms with Crippen LogP contribution >= 0.6 is 0 Å². The predicted octanol–water partition coefficient (Wildman–Crippen LogP) is 2.50. The molecule has 1 atom stereocenters. The van der Waals surface area contributed by atoms with Gasteiger partial charge in [-0.3, -0.25) is 4.79 Å². The van der Waals surface area contributed by atoms with Gasteiger partial charge in [-0.2, -0.15) is 0 Å². The monoisotopic (exact) mass is 259 g/mol. The van der Waals surface area contributed by atoms with Crippen molar-refractivity contribution in [2.75, 3.05) is 19.8 Å². The highest BCUT2D eigenvalue weighted by Crippen LogP contribution is 2.18. The van der Waals surface area contributed by atoms with Crippen molar-refractivity contribution in [3.05, 3.63) is 0 Å². The predicted molar refractivity (Wildman–Crippen MR) is 73.4 cm³/mol. The van der Waals surface area contributed by atoms with Crippen LogP contribution in [0.3, 0.4) is 0 Å². The van der Waals surface area contributed by atoms with Crippen LogP contribution in [0.4, 0.5) is 0 Å². The first-order valence-electron chi connectivity index (χ1n) is 6.73. The fraction of sp³-hybridized carbons (Fsp3) is 0.929. The van der Waals surface area contributed by atoms with E-state index in [0.29, 0.717) is 25.0 Å². The smallest absolute Gasteiger partial charge is 0.325 e. The van der Waals surface area contributed by atoms with Gasteiger partial charge in [-0.25, -0.2) is 0 Å². The zero-order valence-corrected chi connectivity index (χ0v) is 12.5. The summed E-state index contributed by atoms with van der Waals surface area (Å²) in [5.74, 6) is -0.334. The number of carbonyl (C=O) groups excluding carboxylic acids is 1. The minimum absolute atomic E-state index is 0.299. The summed E-state index contributed by atoms with van der Waals surface area (Å²) in [6.45, 7) is 11.8. The Morgan fingerprint density at radius 3 is 2.22 bits per heavy atom. The Morgan fingerprint density at radius 1 is 1.11 bits per heavy atom. The molecular formula is C14H29NO3. The molecule has 0 amide bonds. The second kappa shape index (κ2) is 7.74. The molecule has 0 aliphatic rings. The van der Waals surface area contributed by atoms with E-state index in [2.05, 4.69) is 20.8 Å². The van der Waals surface area contributed by atoms with Crippen molar-refractivity contribution in [2.24, 2.45) is 11.1 Å². The molecule has 0 saturated carbocycles. The van der Waals surface area contributed by atoms with Crippen molar-refractivity contribution in [3.8, 4) is 0 Å². The molecule has 0 saturated heterocycles. The summed E-state index contributed by atoms with van der Waals surface area (Å²) in [5, 5.41) is 0. The standard InChI is InChI=1S/C14H29NO3/c1-6-18-12(16)14(5,15)8-7-10-17-11-9-13(2,3)4/h6-11,15H2,1-5H3. The van der Waals surface area contributed by atoms with Crippen LogP contribution in [0.5, 0.6) is 0 Å². The molecule has 0 bridgehead atoms. The molecular weight excluding hydrogens is 230 g/mol. The van der Waals surface area contributed by atoms with Crippen LogP contribution in [-0.4, -0.2) is 31.3 Å². The molecule has 0 aromatic heterocycles. The van der Waals surface area contributed by atoms with E-state index < -0.39 is 5.54 Å². The molecule has 0 heterocycles. The normalized spacial score (nSPS) is 15.2. The van der Waals surface area contributed by atoms with E-state index in [9.17, 15) is 4.79 Å². The van der Waals surface area contributed by atoms with E-state index in [1.54, 1.807) is 13.8 Å². The zero-order chi connectivity index (χ0) is 14.2. The molecule has 0 aliphatic heterocycles. The van der Waals surface area contributed by atoms with E-state index in [1.165, 1.54) is 0 Å². The molecule has 0 spiro atoms. The number of hydrogen-bond acceptors (Lipinski definition) is 4. The van der Waals surface area contributed by atoms with Crippen LogP contribution in [0.15, 0.2) is 0 Å². The lowest BCUT2D eigenvalue weighted by molar-refractivity contribution is -0.149. The van der Waals surface area contributed by atoms with E-state index in [-0.39, 0.29) is 5.97 Å². The fourth-order valence-electron chi connectivity index (χ4n) is 1.42. The van der Waals surface area contributed by atoms with Gasteiger partial charge in [0.1, 0.15) is 5.54 Å². The molecule has 18 heavy (non-hydrogen) atoms. The number of hydrogen-bond donors (Lipinski definition) is 1. The van der Waals surface area contributed by atoms with Crippen molar-refractivity contribution in [2.45, 2.75) is 59.4 Å². The van der Waals surface area contributed by atoms with E-state index >= 15 is 0 Å². The number of carbonyl (C=O) groups is 1. The van der Waals surface area contributed by atoms with Crippen molar-refractivity contribution < 1.29 is 14.3 Å². The first-order chi connectivity index (χ1) is 8.19. The zero-order valence-electron chi connectivity index (χ0n) is 12.5. The third-order valence-electron chi connectivity index (χ3n) is 2.72. The van der Waals surface area contributed by atoms with Crippen LogP contribution in [0.1, 0.15) is 53.9 Å². The molecule has 0 aromatic rings. The fourth-order valence-corrected chi connectivity index (χ4v) is 1.42. The maximum absolute atomic E-state index is 11.5. The second-order valence-electron chi connectivity index (χ2n) is 6.16. The molecule has 1 unspecified atom stereocenters. The SMILES string of the molecule is CCOC(=O)C(C)(N)CCCOCCC(C)(C)C. The summed E-state index contributed by atoms with van der Waals surface area (Å²) in [5.41, 5.74) is 5.30. The number of nitrogens with two attached hydrogens (primary N) is 1. The topological polar surface area (TPSA) is 61.5 Å². The average Bonchev–Trinajstić information content (AvgIpc) is 2.22. The summed E-state index contributed by atoms with van der Waals surface area (Å²) in [4.78, 5) is 11.5.